The molecule has 0 spiro atoms. The van der Waals surface area contributed by atoms with Crippen molar-refractivity contribution in [3.05, 3.63) is 87.9 Å². The second kappa shape index (κ2) is 8.73. The van der Waals surface area contributed by atoms with E-state index >= 15 is 0 Å². The first-order valence-electron chi connectivity index (χ1n) is 10.8. The van der Waals surface area contributed by atoms with Crippen molar-refractivity contribution in [2.24, 2.45) is 0 Å². The highest BCUT2D eigenvalue weighted by atomic mass is 35.5. The predicted octanol–water partition coefficient (Wildman–Crippen LogP) is 4.56. The van der Waals surface area contributed by atoms with E-state index < -0.39 is 0 Å². The molecule has 1 aliphatic heterocycles. The van der Waals surface area contributed by atoms with Crippen LogP contribution >= 0.6 is 11.6 Å². The zero-order chi connectivity index (χ0) is 22.1. The van der Waals surface area contributed by atoms with Crippen LogP contribution in [0.4, 0.5) is 0 Å². The van der Waals surface area contributed by atoms with Crippen LogP contribution in [0.5, 0.6) is 0 Å². The molecule has 7 heteroatoms. The van der Waals surface area contributed by atoms with Crippen molar-refractivity contribution < 1.29 is 4.79 Å². The molecule has 4 aromatic rings. The van der Waals surface area contributed by atoms with Gasteiger partial charge in [0.05, 0.1) is 23.3 Å². The summed E-state index contributed by atoms with van der Waals surface area (Å²) >= 11 is 5.91. The van der Waals surface area contributed by atoms with E-state index in [4.69, 9.17) is 11.6 Å². The summed E-state index contributed by atoms with van der Waals surface area (Å²) in [4.78, 5) is 34.9. The van der Waals surface area contributed by atoms with Gasteiger partial charge in [-0.05, 0) is 61.4 Å². The van der Waals surface area contributed by atoms with Crippen molar-refractivity contribution in [2.45, 2.75) is 18.9 Å². The van der Waals surface area contributed by atoms with Gasteiger partial charge in [0.15, 0.2) is 5.78 Å². The molecule has 1 saturated heterocycles. The van der Waals surface area contributed by atoms with Crippen LogP contribution < -0.4 is 5.69 Å². The third-order valence-electron chi connectivity index (χ3n) is 6.13. The lowest BCUT2D eigenvalue weighted by Gasteiger charge is -2.32. The lowest BCUT2D eigenvalue weighted by molar-refractivity contribution is 0.0898. The van der Waals surface area contributed by atoms with E-state index in [-0.39, 0.29) is 17.5 Å². The monoisotopic (exact) mass is 446 g/mol. The average molecular weight is 447 g/mol. The van der Waals surface area contributed by atoms with Gasteiger partial charge in [-0.25, -0.2) is 4.79 Å². The first kappa shape index (κ1) is 20.7. The van der Waals surface area contributed by atoms with Gasteiger partial charge in [-0.15, -0.1) is 0 Å². The Morgan fingerprint density at radius 2 is 1.84 bits per heavy atom. The van der Waals surface area contributed by atoms with Gasteiger partial charge in [-0.2, -0.15) is 0 Å². The van der Waals surface area contributed by atoms with E-state index in [2.05, 4.69) is 14.9 Å². The van der Waals surface area contributed by atoms with Crippen molar-refractivity contribution in [2.75, 3.05) is 19.6 Å². The number of carbonyl (C=O) groups is 1. The Labute approximate surface area is 190 Å². The normalized spacial score (nSPS) is 15.3. The number of hydrogen-bond acceptors (Lipinski definition) is 4. The summed E-state index contributed by atoms with van der Waals surface area (Å²) in [6, 6.07) is 18.9. The minimum absolute atomic E-state index is 0.0890. The number of H-pyrrole nitrogens is 1. The highest BCUT2D eigenvalue weighted by Gasteiger charge is 2.25. The molecule has 6 nitrogen and oxygen atoms in total. The van der Waals surface area contributed by atoms with Crippen LogP contribution in [0.2, 0.25) is 5.02 Å². The van der Waals surface area contributed by atoms with Crippen LogP contribution in [0.15, 0.2) is 71.7 Å². The number of aromatic amines is 1. The van der Waals surface area contributed by atoms with Gasteiger partial charge in [-0.3, -0.25) is 19.2 Å². The number of nitrogens with one attached hydrogen (secondary N) is 1. The molecule has 0 radical (unpaired) electrons. The van der Waals surface area contributed by atoms with Gasteiger partial charge in [0.1, 0.15) is 0 Å². The summed E-state index contributed by atoms with van der Waals surface area (Å²) in [5, 5.41) is 0.624. The topological polar surface area (TPSA) is 71.0 Å². The number of halogens is 1. The molecule has 0 atom stereocenters. The standard InChI is InChI=1S/C25H23ClN4O2/c26-19-7-4-17(5-8-19)24(31)16-29-13-10-20(11-14-29)30-23-9-6-18(15-22(23)28-25(30)32)21-3-1-2-12-27-21/h1-9,12,15,20H,10-11,13-14,16H2,(H,28,32). The summed E-state index contributed by atoms with van der Waals surface area (Å²) in [6.07, 6.45) is 3.41. The number of rotatable bonds is 5. The zero-order valence-electron chi connectivity index (χ0n) is 17.5. The fourth-order valence-corrected chi connectivity index (χ4v) is 4.58. The second-order valence-corrected chi connectivity index (χ2v) is 8.62. The first-order valence-corrected chi connectivity index (χ1v) is 11.1. The quantitative estimate of drug-likeness (QED) is 0.456. The molecular weight excluding hydrogens is 424 g/mol. The number of carbonyl (C=O) groups excluding carboxylic acids is 1. The fraction of sp³-hybridized carbons (Fsp3) is 0.240. The van der Waals surface area contributed by atoms with Crippen LogP contribution in [0.3, 0.4) is 0 Å². The summed E-state index contributed by atoms with van der Waals surface area (Å²) in [7, 11) is 0. The number of hydrogen-bond donors (Lipinski definition) is 1. The molecule has 32 heavy (non-hydrogen) atoms. The number of benzene rings is 2. The Bertz CT molecular complexity index is 1300. The van der Waals surface area contributed by atoms with E-state index in [9.17, 15) is 9.59 Å². The van der Waals surface area contributed by atoms with E-state index in [1.165, 1.54) is 0 Å². The van der Waals surface area contributed by atoms with Crippen LogP contribution in [0, 0.1) is 0 Å². The molecule has 0 bridgehead atoms. The lowest BCUT2D eigenvalue weighted by Crippen LogP contribution is -2.39. The SMILES string of the molecule is O=C(CN1CCC(n2c(=O)[nH]c3cc(-c4ccccn4)ccc32)CC1)c1ccc(Cl)cc1. The summed E-state index contributed by atoms with van der Waals surface area (Å²) < 4.78 is 1.87. The number of ketones is 1. The van der Waals surface area contributed by atoms with E-state index in [1.807, 2.05) is 41.0 Å². The Morgan fingerprint density at radius 1 is 1.06 bits per heavy atom. The molecule has 1 N–H and O–H groups in total. The second-order valence-electron chi connectivity index (χ2n) is 8.18. The Balaban J connectivity index is 1.29. The Morgan fingerprint density at radius 3 is 2.56 bits per heavy atom. The molecule has 0 aliphatic carbocycles. The van der Waals surface area contributed by atoms with Gasteiger partial charge in [-0.1, -0.05) is 23.7 Å². The van der Waals surface area contributed by atoms with E-state index in [1.54, 1.807) is 30.5 Å². The maximum absolute atomic E-state index is 12.8. The number of nitrogens with zero attached hydrogens (tertiary/aromatic N) is 3. The number of aromatic nitrogens is 3. The molecule has 2 aromatic heterocycles. The maximum Gasteiger partial charge on any atom is 0.326 e. The smallest absolute Gasteiger partial charge is 0.306 e. The molecule has 1 aliphatic rings. The van der Waals surface area contributed by atoms with E-state index in [0.29, 0.717) is 17.1 Å². The van der Waals surface area contributed by atoms with Gasteiger partial charge in [0.25, 0.3) is 0 Å². The largest absolute Gasteiger partial charge is 0.326 e. The lowest BCUT2D eigenvalue weighted by atomic mass is 10.0. The predicted molar refractivity (Wildman–Crippen MR) is 126 cm³/mol. The van der Waals surface area contributed by atoms with Gasteiger partial charge < -0.3 is 4.98 Å². The number of imidazole rings is 1. The molecule has 3 heterocycles. The molecule has 162 valence electrons. The summed E-state index contributed by atoms with van der Waals surface area (Å²) in [5.41, 5.74) is 4.16. The third-order valence-corrected chi connectivity index (χ3v) is 6.38. The van der Waals surface area contributed by atoms with Crippen molar-refractivity contribution in [3.63, 3.8) is 0 Å². The molecular formula is C25H23ClN4O2. The van der Waals surface area contributed by atoms with Crippen molar-refractivity contribution in [1.29, 1.82) is 0 Å². The fourth-order valence-electron chi connectivity index (χ4n) is 4.45. The number of piperidine rings is 1. The van der Waals surface area contributed by atoms with Crippen molar-refractivity contribution >= 4 is 28.4 Å². The van der Waals surface area contributed by atoms with E-state index in [0.717, 1.165) is 48.2 Å². The molecule has 1 fully saturated rings. The number of fused-ring (bicyclic) bond motifs is 1. The zero-order valence-corrected chi connectivity index (χ0v) is 18.3. The number of pyridine rings is 1. The molecule has 0 amide bonds. The highest BCUT2D eigenvalue weighted by molar-refractivity contribution is 6.30. The summed E-state index contributed by atoms with van der Waals surface area (Å²) in [6.45, 7) is 1.93. The number of likely N-dealkylation sites (tertiary alicyclic amines) is 1. The minimum Gasteiger partial charge on any atom is -0.306 e. The maximum atomic E-state index is 12.8. The van der Waals surface area contributed by atoms with Crippen molar-refractivity contribution in [3.8, 4) is 11.3 Å². The molecule has 0 saturated carbocycles. The highest BCUT2D eigenvalue weighted by Crippen LogP contribution is 2.27. The Kier molecular flexibility index (Phi) is 5.64. The minimum atomic E-state index is -0.0890. The average Bonchev–Trinajstić information content (AvgIpc) is 3.15. The van der Waals surface area contributed by atoms with Crippen molar-refractivity contribution in [1.82, 2.24) is 19.4 Å². The van der Waals surface area contributed by atoms with Crippen LogP contribution in [-0.2, 0) is 0 Å². The Hall–Kier alpha value is -3.22. The van der Waals surface area contributed by atoms with Crippen LogP contribution in [0.1, 0.15) is 29.2 Å². The third kappa shape index (κ3) is 4.11. The summed E-state index contributed by atoms with van der Waals surface area (Å²) in [5.74, 6) is 0.0893. The van der Waals surface area contributed by atoms with Crippen LogP contribution in [-0.4, -0.2) is 44.9 Å². The molecule has 5 rings (SSSR count). The molecule has 0 unspecified atom stereocenters. The van der Waals surface area contributed by atoms with Crippen LogP contribution in [0.25, 0.3) is 22.3 Å². The molecule has 2 aromatic carbocycles. The van der Waals surface area contributed by atoms with Gasteiger partial charge in [0, 0.05) is 41.5 Å². The van der Waals surface area contributed by atoms with Gasteiger partial charge in [0.2, 0.25) is 0 Å². The van der Waals surface area contributed by atoms with Gasteiger partial charge >= 0.3 is 5.69 Å². The number of Topliss-reactive ketones (excluding diaryl/α,β-unsaturated/α-hetero) is 1. The first-order chi connectivity index (χ1) is 15.6.